The van der Waals surface area contributed by atoms with E-state index in [1.54, 1.807) is 4.31 Å². The lowest BCUT2D eigenvalue weighted by Crippen LogP contribution is -2.62. The molecule has 302 valence electrons. The number of carboxylic acid groups (broad SMARTS) is 1. The number of nitrogens with one attached hydrogen (secondary N) is 2. The SMILES string of the molecule is C=C(NC1Cc2ccc(F)c(C(=O)O)c2OB1OC)C(NC(=O)N1CCN(C2CCN(S(=O)c3ccc(O)c(O)c3Cl)CC2)C(=O)C1=O)c1ccc(P(O)O)cc1. The van der Waals surface area contributed by atoms with Crippen LogP contribution in [0.5, 0.6) is 17.2 Å². The van der Waals surface area contributed by atoms with Crippen LogP contribution in [0.1, 0.15) is 40.4 Å². The molecule has 0 spiro atoms. The lowest BCUT2D eigenvalue weighted by Gasteiger charge is -2.41. The Morgan fingerprint density at radius 2 is 1.74 bits per heavy atom. The van der Waals surface area contributed by atoms with E-state index in [-0.39, 0.29) is 59.3 Å². The molecule has 0 radical (unpaired) electrons. The number of nitrogens with zero attached hydrogens (tertiary/aromatic N) is 3. The minimum Gasteiger partial charge on any atom is -0.534 e. The van der Waals surface area contributed by atoms with Crippen molar-refractivity contribution >= 4 is 67.2 Å². The number of hydrogen-bond donors (Lipinski definition) is 7. The number of carboxylic acids is 1. The average Bonchev–Trinajstić information content (AvgIpc) is 3.19. The van der Waals surface area contributed by atoms with E-state index in [4.69, 9.17) is 20.9 Å². The molecule has 0 aromatic heterocycles. The van der Waals surface area contributed by atoms with Crippen LogP contribution in [0.3, 0.4) is 0 Å². The van der Waals surface area contributed by atoms with Crippen molar-refractivity contribution in [2.24, 2.45) is 0 Å². The molecule has 0 bridgehead atoms. The summed E-state index contributed by atoms with van der Waals surface area (Å²) in [6.45, 7) is 4.47. The lowest BCUT2D eigenvalue weighted by atomic mass is 9.71. The largest absolute Gasteiger partial charge is 0.549 e. The Hall–Kier alpha value is -4.82. The molecule has 3 aliphatic heterocycles. The fraction of sp³-hybridized carbons (Fsp3) is 0.314. The number of fused-ring (bicyclic) bond motifs is 1. The van der Waals surface area contributed by atoms with Crippen molar-refractivity contribution in [2.75, 3.05) is 33.3 Å². The number of halogens is 2. The van der Waals surface area contributed by atoms with Crippen LogP contribution in [0.15, 0.2) is 65.7 Å². The third-order valence-electron chi connectivity index (χ3n) is 9.93. The van der Waals surface area contributed by atoms with Gasteiger partial charge in [0.1, 0.15) is 33.1 Å². The van der Waals surface area contributed by atoms with E-state index in [2.05, 4.69) is 17.2 Å². The summed E-state index contributed by atoms with van der Waals surface area (Å²) in [5, 5.41) is 35.1. The predicted octanol–water partition coefficient (Wildman–Crippen LogP) is 1.90. The molecule has 3 aliphatic rings. The molecule has 6 rings (SSSR count). The fourth-order valence-electron chi connectivity index (χ4n) is 6.97. The van der Waals surface area contributed by atoms with E-state index in [0.29, 0.717) is 24.0 Å². The smallest absolute Gasteiger partial charge is 0.534 e. The molecule has 4 amide bonds. The Morgan fingerprint density at radius 1 is 1.05 bits per heavy atom. The maximum Gasteiger partial charge on any atom is 0.549 e. The summed E-state index contributed by atoms with van der Waals surface area (Å²) in [6, 6.07) is 8.40. The van der Waals surface area contributed by atoms with Crippen molar-refractivity contribution < 1.29 is 62.2 Å². The molecule has 3 atom stereocenters. The zero-order valence-electron chi connectivity index (χ0n) is 30.1. The third-order valence-corrected chi connectivity index (χ3v) is 12.7. The van der Waals surface area contributed by atoms with Gasteiger partial charge >= 0.3 is 30.9 Å². The van der Waals surface area contributed by atoms with Crippen LogP contribution in [-0.4, -0.2) is 120 Å². The lowest BCUT2D eigenvalue weighted by molar-refractivity contribution is -0.156. The number of phenolic OH excluding ortho intramolecular Hbond substituents is 2. The molecule has 57 heavy (non-hydrogen) atoms. The highest BCUT2D eigenvalue weighted by atomic mass is 35.5. The standard InChI is InChI=1S/C35H37BClFN5O12PS/c1-18(39-26-17-20-5-8-23(38)27(34(48)49)31(20)55-36(26)54-2)29(19-3-6-22(7-4-19)56(51)52)40-35(50)43-16-15-42(32(46)33(43)47)21-11-13-41(14-12-21)57(53)25-10-9-24(44)30(45)28(25)37/h3-10,21,26,29,39,44-45,51-52H,1,11-17H2,2H3,(H,40,50)(H,48,49). The first-order chi connectivity index (χ1) is 27.1. The molecule has 3 unspecified atom stereocenters. The minimum atomic E-state index is -2.43. The van der Waals surface area contributed by atoms with E-state index < -0.39 is 91.2 Å². The maximum absolute atomic E-state index is 14.4. The van der Waals surface area contributed by atoms with Gasteiger partial charge in [0.05, 0.1) is 16.9 Å². The van der Waals surface area contributed by atoms with Gasteiger partial charge in [0.25, 0.3) is 0 Å². The number of benzene rings is 3. The van der Waals surface area contributed by atoms with Crippen LogP contribution in [0, 0.1) is 5.82 Å². The van der Waals surface area contributed by atoms with Crippen molar-refractivity contribution in [1.29, 1.82) is 0 Å². The first kappa shape index (κ1) is 41.8. The highest BCUT2D eigenvalue weighted by Crippen LogP contribution is 2.38. The van der Waals surface area contributed by atoms with Gasteiger partial charge in [-0.1, -0.05) is 36.4 Å². The first-order valence-electron chi connectivity index (χ1n) is 17.4. The van der Waals surface area contributed by atoms with Crippen molar-refractivity contribution in [3.05, 3.63) is 88.3 Å². The number of hydrogen-bond acceptors (Lipinski definition) is 12. The van der Waals surface area contributed by atoms with Gasteiger partial charge < -0.3 is 49.9 Å². The van der Waals surface area contributed by atoms with Crippen LogP contribution in [0.4, 0.5) is 9.18 Å². The summed E-state index contributed by atoms with van der Waals surface area (Å²) < 4.78 is 40.5. The molecule has 3 aromatic rings. The summed E-state index contributed by atoms with van der Waals surface area (Å²) >= 11 is 6.11. The monoisotopic (exact) mass is 847 g/mol. The molecule has 2 fully saturated rings. The summed E-state index contributed by atoms with van der Waals surface area (Å²) in [6.07, 6.45) is 0.775. The molecule has 7 N–H and O–H groups in total. The Labute approximate surface area is 334 Å². The molecular weight excluding hydrogens is 811 g/mol. The first-order valence-corrected chi connectivity index (χ1v) is 20.1. The highest BCUT2D eigenvalue weighted by molar-refractivity contribution is 7.82. The molecule has 3 heterocycles. The van der Waals surface area contributed by atoms with Gasteiger partial charge in [0.15, 0.2) is 19.9 Å². The summed E-state index contributed by atoms with van der Waals surface area (Å²) in [4.78, 5) is 74.2. The van der Waals surface area contributed by atoms with Gasteiger partial charge in [0, 0.05) is 50.3 Å². The van der Waals surface area contributed by atoms with Crippen LogP contribution in [0.2, 0.25) is 5.02 Å². The van der Waals surface area contributed by atoms with Gasteiger partial charge in [-0.2, -0.15) is 0 Å². The average molecular weight is 848 g/mol. The summed E-state index contributed by atoms with van der Waals surface area (Å²) in [5.41, 5.74) is 0.257. The molecule has 2 saturated heterocycles. The van der Waals surface area contributed by atoms with Crippen molar-refractivity contribution in [2.45, 2.75) is 42.2 Å². The Balaban J connectivity index is 1.14. The molecular formula is C35H37BClFN5O12PS. The second-order valence-corrected chi connectivity index (χ2v) is 16.2. The van der Waals surface area contributed by atoms with Gasteiger partial charge in [-0.15, -0.1) is 0 Å². The number of carbonyl (C=O) groups excluding carboxylic acids is 3. The van der Waals surface area contributed by atoms with Crippen molar-refractivity contribution in [3.8, 4) is 17.2 Å². The summed E-state index contributed by atoms with van der Waals surface area (Å²) in [7, 11) is -4.05. The molecule has 22 heteroatoms. The predicted molar refractivity (Wildman–Crippen MR) is 204 cm³/mol. The number of piperidine rings is 1. The number of amides is 4. The Morgan fingerprint density at radius 3 is 2.37 bits per heavy atom. The van der Waals surface area contributed by atoms with Gasteiger partial charge in [-0.05, 0) is 60.7 Å². The minimum absolute atomic E-state index is 0.0196. The summed E-state index contributed by atoms with van der Waals surface area (Å²) in [5.74, 6) is -6.47. The van der Waals surface area contributed by atoms with E-state index in [9.17, 15) is 52.9 Å². The van der Waals surface area contributed by atoms with Gasteiger partial charge in [0.2, 0.25) is 0 Å². The van der Waals surface area contributed by atoms with E-state index >= 15 is 0 Å². The van der Waals surface area contributed by atoms with Gasteiger partial charge in [-0.25, -0.2) is 22.5 Å². The van der Waals surface area contributed by atoms with Crippen LogP contribution in [0.25, 0.3) is 0 Å². The third kappa shape index (κ3) is 8.57. The fourth-order valence-corrected chi connectivity index (χ4v) is 9.00. The number of aromatic hydroxyl groups is 2. The number of imide groups is 1. The number of carbonyl (C=O) groups is 4. The second kappa shape index (κ2) is 17.4. The number of rotatable bonds is 11. The number of urea groups is 1. The van der Waals surface area contributed by atoms with Crippen molar-refractivity contribution in [3.63, 3.8) is 0 Å². The number of piperazine rings is 1. The van der Waals surface area contributed by atoms with Gasteiger partial charge in [-0.3, -0.25) is 14.5 Å². The second-order valence-electron chi connectivity index (χ2n) is 13.3. The normalized spacial score (nSPS) is 18.8. The van der Waals surface area contributed by atoms with E-state index in [1.807, 2.05) is 0 Å². The van der Waals surface area contributed by atoms with E-state index in [1.165, 1.54) is 54.5 Å². The molecule has 17 nitrogen and oxygen atoms in total. The Kier molecular flexibility index (Phi) is 12.7. The Bertz CT molecular complexity index is 2130. The molecule has 3 aromatic carbocycles. The quantitative estimate of drug-likeness (QED) is 0.0633. The van der Waals surface area contributed by atoms with Crippen LogP contribution in [-0.2, 0) is 31.6 Å². The molecule has 0 saturated carbocycles. The zero-order chi connectivity index (χ0) is 41.3. The van der Waals surface area contributed by atoms with Crippen molar-refractivity contribution in [1.82, 2.24) is 24.7 Å². The van der Waals surface area contributed by atoms with Crippen LogP contribution >= 0.6 is 20.0 Å². The number of phenols is 2. The number of aromatic carboxylic acids is 1. The van der Waals surface area contributed by atoms with Crippen LogP contribution < -0.4 is 20.6 Å². The highest BCUT2D eigenvalue weighted by Gasteiger charge is 2.43. The zero-order valence-corrected chi connectivity index (χ0v) is 32.6. The maximum atomic E-state index is 14.4. The topological polar surface area (TPSA) is 239 Å². The van der Waals surface area contributed by atoms with E-state index in [0.717, 1.165) is 11.0 Å². The molecule has 0 aliphatic carbocycles.